The van der Waals surface area contributed by atoms with E-state index in [1.54, 1.807) is 0 Å². The Morgan fingerprint density at radius 1 is 1.08 bits per heavy atom. The van der Waals surface area contributed by atoms with Crippen molar-refractivity contribution in [2.75, 3.05) is 13.4 Å². The molecule has 0 aliphatic carbocycles. The molecule has 2 aliphatic rings. The molecule has 0 aromatic heterocycles. The van der Waals surface area contributed by atoms with Gasteiger partial charge in [0.2, 0.25) is 0 Å². The minimum Gasteiger partial charge on any atom is -0.387 e. The number of ether oxygens (including phenoxy) is 3. The first kappa shape index (κ1) is 9.32. The van der Waals surface area contributed by atoms with Crippen LogP contribution in [-0.2, 0) is 14.2 Å². The van der Waals surface area contributed by atoms with Crippen molar-refractivity contribution in [1.29, 1.82) is 0 Å². The fourth-order valence-corrected chi connectivity index (χ4v) is 1.55. The molecule has 0 radical (unpaired) electrons. The summed E-state index contributed by atoms with van der Waals surface area (Å²) in [6, 6.07) is 0. The van der Waals surface area contributed by atoms with Gasteiger partial charge in [0.15, 0.2) is 6.29 Å². The highest BCUT2D eigenvalue weighted by atomic mass is 16.7. The van der Waals surface area contributed by atoms with Crippen molar-refractivity contribution in [1.82, 2.24) is 0 Å². The van der Waals surface area contributed by atoms with E-state index in [4.69, 9.17) is 19.3 Å². The van der Waals surface area contributed by atoms with Crippen LogP contribution >= 0.6 is 0 Å². The molecule has 76 valence electrons. The summed E-state index contributed by atoms with van der Waals surface area (Å²) >= 11 is 0. The lowest BCUT2D eigenvalue weighted by Crippen LogP contribution is -2.61. The van der Waals surface area contributed by atoms with Crippen LogP contribution in [0.3, 0.4) is 0 Å². The van der Waals surface area contributed by atoms with E-state index in [-0.39, 0.29) is 13.4 Å². The van der Waals surface area contributed by atoms with Gasteiger partial charge in [0.25, 0.3) is 0 Å². The zero-order chi connectivity index (χ0) is 9.42. The van der Waals surface area contributed by atoms with E-state index < -0.39 is 30.7 Å². The molecule has 0 aromatic rings. The molecule has 2 aliphatic heterocycles. The molecule has 0 amide bonds. The van der Waals surface area contributed by atoms with Gasteiger partial charge in [-0.25, -0.2) is 0 Å². The lowest BCUT2D eigenvalue weighted by Gasteiger charge is -2.42. The number of aliphatic hydroxyl groups excluding tert-OH is 3. The number of fused-ring (bicyclic) bond motifs is 1. The minimum absolute atomic E-state index is 0.0738. The van der Waals surface area contributed by atoms with Gasteiger partial charge in [0, 0.05) is 0 Å². The highest BCUT2D eigenvalue weighted by Crippen LogP contribution is 2.24. The molecule has 3 N–H and O–H groups in total. The van der Waals surface area contributed by atoms with Crippen LogP contribution in [0, 0.1) is 0 Å². The van der Waals surface area contributed by atoms with Crippen LogP contribution in [0.25, 0.3) is 0 Å². The summed E-state index contributed by atoms with van der Waals surface area (Å²) in [6.45, 7) is 0.329. The molecular weight excluding hydrogens is 180 g/mol. The van der Waals surface area contributed by atoms with E-state index in [0.717, 1.165) is 0 Å². The first-order valence-corrected chi connectivity index (χ1v) is 4.09. The van der Waals surface area contributed by atoms with Gasteiger partial charge in [-0.05, 0) is 0 Å². The lowest BCUT2D eigenvalue weighted by atomic mass is 9.99. The summed E-state index contributed by atoms with van der Waals surface area (Å²) in [5.41, 5.74) is 0. The second-order valence-electron chi connectivity index (χ2n) is 3.17. The van der Waals surface area contributed by atoms with Crippen LogP contribution < -0.4 is 0 Å². The van der Waals surface area contributed by atoms with Crippen LogP contribution in [0.15, 0.2) is 0 Å². The van der Waals surface area contributed by atoms with Gasteiger partial charge in [0.05, 0.1) is 6.61 Å². The van der Waals surface area contributed by atoms with Crippen LogP contribution in [0.5, 0.6) is 0 Å². The molecule has 0 aromatic carbocycles. The third-order valence-corrected chi connectivity index (χ3v) is 2.29. The maximum atomic E-state index is 9.47. The average molecular weight is 192 g/mol. The number of hydrogen-bond acceptors (Lipinski definition) is 6. The standard InChI is InChI=1S/C7H12O6/c8-4-5(9)7(10)13-3-1-11-2-12-6(3)4/h3-10H,1-2H2/t3?,4-,5+,6-,7?/m1/s1. The van der Waals surface area contributed by atoms with E-state index in [1.807, 2.05) is 0 Å². The monoisotopic (exact) mass is 192 g/mol. The van der Waals surface area contributed by atoms with Gasteiger partial charge in [0.1, 0.15) is 31.2 Å². The van der Waals surface area contributed by atoms with E-state index in [1.165, 1.54) is 0 Å². The Morgan fingerprint density at radius 2 is 1.85 bits per heavy atom. The number of hydrogen-bond donors (Lipinski definition) is 3. The molecule has 0 spiro atoms. The molecule has 2 fully saturated rings. The Bertz CT molecular complexity index is 184. The Labute approximate surface area is 74.6 Å². The largest absolute Gasteiger partial charge is 0.387 e. The van der Waals surface area contributed by atoms with Crippen molar-refractivity contribution in [3.8, 4) is 0 Å². The van der Waals surface area contributed by atoms with E-state index >= 15 is 0 Å². The molecule has 0 saturated carbocycles. The second-order valence-corrected chi connectivity index (χ2v) is 3.17. The molecule has 5 atom stereocenters. The summed E-state index contributed by atoms with van der Waals surface area (Å²) < 4.78 is 14.9. The molecule has 13 heavy (non-hydrogen) atoms. The SMILES string of the molecule is OC1OC2COCO[C@H]2[C@H](O)[C@@H]1O. The smallest absolute Gasteiger partial charge is 0.184 e. The van der Waals surface area contributed by atoms with Crippen LogP contribution in [0.2, 0.25) is 0 Å². The molecule has 0 bridgehead atoms. The maximum absolute atomic E-state index is 9.47. The Balaban J connectivity index is 2.08. The topological polar surface area (TPSA) is 88.4 Å². The molecular formula is C7H12O6. The third-order valence-electron chi connectivity index (χ3n) is 2.29. The van der Waals surface area contributed by atoms with Gasteiger partial charge < -0.3 is 29.5 Å². The highest BCUT2D eigenvalue weighted by molar-refractivity contribution is 4.90. The summed E-state index contributed by atoms with van der Waals surface area (Å²) in [6.07, 6.45) is -4.95. The van der Waals surface area contributed by atoms with Gasteiger partial charge in [-0.3, -0.25) is 0 Å². The Kier molecular flexibility index (Phi) is 2.50. The van der Waals surface area contributed by atoms with Crippen molar-refractivity contribution in [2.24, 2.45) is 0 Å². The van der Waals surface area contributed by atoms with Crippen molar-refractivity contribution < 1.29 is 29.5 Å². The van der Waals surface area contributed by atoms with E-state index in [0.29, 0.717) is 0 Å². The normalized spacial score (nSPS) is 51.5. The van der Waals surface area contributed by atoms with E-state index in [2.05, 4.69) is 0 Å². The van der Waals surface area contributed by atoms with Crippen molar-refractivity contribution in [3.05, 3.63) is 0 Å². The molecule has 6 heteroatoms. The first-order chi connectivity index (χ1) is 6.20. The molecule has 2 unspecified atom stereocenters. The van der Waals surface area contributed by atoms with Crippen LogP contribution in [0.4, 0.5) is 0 Å². The van der Waals surface area contributed by atoms with Crippen molar-refractivity contribution >= 4 is 0 Å². The summed E-state index contributed by atoms with van der Waals surface area (Å²) in [5, 5.41) is 27.9. The number of aliphatic hydroxyl groups is 3. The van der Waals surface area contributed by atoms with Gasteiger partial charge in [-0.1, -0.05) is 0 Å². The average Bonchev–Trinajstić information content (AvgIpc) is 2.15. The fourth-order valence-electron chi connectivity index (χ4n) is 1.55. The summed E-state index contributed by atoms with van der Waals surface area (Å²) in [7, 11) is 0. The van der Waals surface area contributed by atoms with Gasteiger partial charge >= 0.3 is 0 Å². The van der Waals surface area contributed by atoms with Gasteiger partial charge in [-0.2, -0.15) is 0 Å². The van der Waals surface area contributed by atoms with Crippen LogP contribution in [-0.4, -0.2) is 59.4 Å². The van der Waals surface area contributed by atoms with Crippen LogP contribution in [0.1, 0.15) is 0 Å². The van der Waals surface area contributed by atoms with Gasteiger partial charge in [-0.15, -0.1) is 0 Å². The predicted molar refractivity (Wildman–Crippen MR) is 38.6 cm³/mol. The third kappa shape index (κ3) is 1.56. The second kappa shape index (κ2) is 3.49. The van der Waals surface area contributed by atoms with Crippen molar-refractivity contribution in [2.45, 2.75) is 30.7 Å². The van der Waals surface area contributed by atoms with Crippen molar-refractivity contribution in [3.63, 3.8) is 0 Å². The van der Waals surface area contributed by atoms with E-state index in [9.17, 15) is 10.2 Å². The lowest BCUT2D eigenvalue weighted by molar-refractivity contribution is -0.329. The molecule has 6 nitrogen and oxygen atoms in total. The Hall–Kier alpha value is -0.240. The quantitative estimate of drug-likeness (QED) is 0.403. The Morgan fingerprint density at radius 3 is 2.62 bits per heavy atom. The fraction of sp³-hybridized carbons (Fsp3) is 1.00. The first-order valence-electron chi connectivity index (χ1n) is 4.09. The number of rotatable bonds is 0. The molecule has 2 rings (SSSR count). The summed E-state index contributed by atoms with van der Waals surface area (Å²) in [5.74, 6) is 0. The zero-order valence-electron chi connectivity index (χ0n) is 6.87. The predicted octanol–water partition coefficient (Wildman–Crippen LogP) is -2.20. The molecule has 2 saturated heterocycles. The minimum atomic E-state index is -1.37. The zero-order valence-corrected chi connectivity index (χ0v) is 6.87. The molecule has 2 heterocycles. The summed E-state index contributed by atoms with van der Waals surface area (Å²) in [4.78, 5) is 0. The maximum Gasteiger partial charge on any atom is 0.184 e. The highest BCUT2D eigenvalue weighted by Gasteiger charge is 2.46.